The third-order valence-electron chi connectivity index (χ3n) is 5.05. The van der Waals surface area contributed by atoms with Gasteiger partial charge in [-0.3, -0.25) is 14.7 Å². The second-order valence-corrected chi connectivity index (χ2v) is 7.39. The normalized spacial score (nSPS) is 15.8. The number of carbonyl (C=O) groups is 1. The smallest absolute Gasteiger partial charge is 0.252 e. The van der Waals surface area contributed by atoms with Crippen molar-refractivity contribution in [3.05, 3.63) is 53.4 Å². The maximum Gasteiger partial charge on any atom is 0.252 e. The van der Waals surface area contributed by atoms with Crippen molar-refractivity contribution in [1.82, 2.24) is 34.8 Å². The summed E-state index contributed by atoms with van der Waals surface area (Å²) in [6, 6.07) is 8.15. The Hall–Kier alpha value is -2.87. The zero-order valence-electron chi connectivity index (χ0n) is 16.3. The molecule has 8 heteroatoms. The second-order valence-electron chi connectivity index (χ2n) is 7.39. The number of hydrogen-bond acceptors (Lipinski definition) is 6. The molecule has 0 aliphatic carbocycles. The summed E-state index contributed by atoms with van der Waals surface area (Å²) in [7, 11) is 0. The Morgan fingerprint density at radius 1 is 1.21 bits per heavy atom. The third kappa shape index (κ3) is 4.33. The van der Waals surface area contributed by atoms with Crippen molar-refractivity contribution in [2.24, 2.45) is 0 Å². The van der Waals surface area contributed by atoms with Crippen LogP contribution in [-0.2, 0) is 17.8 Å². The van der Waals surface area contributed by atoms with Crippen LogP contribution in [0, 0.1) is 13.8 Å². The second kappa shape index (κ2) is 8.02. The average molecular weight is 379 g/mol. The predicted octanol–water partition coefficient (Wildman–Crippen LogP) is 1.46. The molecule has 1 fully saturated rings. The van der Waals surface area contributed by atoms with Gasteiger partial charge in [-0.05, 0) is 44.9 Å². The highest BCUT2D eigenvalue weighted by Crippen LogP contribution is 2.13. The van der Waals surface area contributed by atoms with Crippen LogP contribution in [0.25, 0.3) is 5.78 Å². The van der Waals surface area contributed by atoms with Crippen molar-refractivity contribution in [2.75, 3.05) is 13.1 Å². The summed E-state index contributed by atoms with van der Waals surface area (Å²) in [5, 5.41) is 7.54. The maximum absolute atomic E-state index is 12.4. The Morgan fingerprint density at radius 2 is 2.04 bits per heavy atom. The number of aromatic nitrogens is 5. The number of amides is 1. The third-order valence-corrected chi connectivity index (χ3v) is 5.05. The fourth-order valence-electron chi connectivity index (χ4n) is 3.66. The summed E-state index contributed by atoms with van der Waals surface area (Å²) in [6.07, 6.45) is 3.89. The summed E-state index contributed by atoms with van der Waals surface area (Å²) in [5.74, 6) is 1.02. The van der Waals surface area contributed by atoms with Crippen LogP contribution < -0.4 is 5.32 Å². The number of nitrogens with one attached hydrogen (secondary N) is 1. The Morgan fingerprint density at radius 3 is 2.79 bits per heavy atom. The zero-order chi connectivity index (χ0) is 19.5. The van der Waals surface area contributed by atoms with Gasteiger partial charge in [0.05, 0.1) is 12.1 Å². The van der Waals surface area contributed by atoms with E-state index in [1.165, 1.54) is 0 Å². The van der Waals surface area contributed by atoms with Crippen LogP contribution in [0.5, 0.6) is 0 Å². The monoisotopic (exact) mass is 379 g/mol. The molecule has 8 nitrogen and oxygen atoms in total. The molecule has 0 aromatic carbocycles. The van der Waals surface area contributed by atoms with Gasteiger partial charge in [0.2, 0.25) is 5.91 Å². The first-order chi connectivity index (χ1) is 13.6. The SMILES string of the molecule is Cc1cc(C)n2nc(CC(=O)NC3CCN(Cc4ccccn4)CC3)nc2n1. The van der Waals surface area contributed by atoms with Crippen LogP contribution >= 0.6 is 0 Å². The highest BCUT2D eigenvalue weighted by Gasteiger charge is 2.21. The minimum atomic E-state index is -0.0338. The summed E-state index contributed by atoms with van der Waals surface area (Å²) < 4.78 is 1.69. The topological polar surface area (TPSA) is 88.3 Å². The van der Waals surface area contributed by atoms with E-state index in [0.29, 0.717) is 11.6 Å². The van der Waals surface area contributed by atoms with Crippen molar-refractivity contribution in [1.29, 1.82) is 0 Å². The van der Waals surface area contributed by atoms with Gasteiger partial charge in [-0.15, -0.1) is 5.10 Å². The standard InChI is InChI=1S/C20H25N7O/c1-14-11-15(2)27-20(22-14)24-18(25-27)12-19(28)23-16-6-9-26(10-7-16)13-17-5-3-4-8-21-17/h3-5,8,11,16H,6-7,9-10,12-13H2,1-2H3,(H,23,28). The van der Waals surface area contributed by atoms with Gasteiger partial charge in [-0.2, -0.15) is 4.98 Å². The molecule has 4 heterocycles. The number of likely N-dealkylation sites (tertiary alicyclic amines) is 1. The molecular formula is C20H25N7O. The van der Waals surface area contributed by atoms with Crippen LogP contribution in [-0.4, -0.2) is 54.5 Å². The van der Waals surface area contributed by atoms with Gasteiger partial charge in [0, 0.05) is 43.3 Å². The van der Waals surface area contributed by atoms with Crippen molar-refractivity contribution in [3.63, 3.8) is 0 Å². The molecule has 0 radical (unpaired) electrons. The van der Waals surface area contributed by atoms with Crippen LogP contribution in [0.4, 0.5) is 0 Å². The first-order valence-electron chi connectivity index (χ1n) is 9.68. The molecule has 0 saturated carbocycles. The molecule has 1 amide bonds. The van der Waals surface area contributed by atoms with Gasteiger partial charge < -0.3 is 5.32 Å². The van der Waals surface area contributed by atoms with Gasteiger partial charge in [0.25, 0.3) is 5.78 Å². The van der Waals surface area contributed by atoms with E-state index in [1.54, 1.807) is 4.52 Å². The molecule has 1 saturated heterocycles. The lowest BCUT2D eigenvalue weighted by Gasteiger charge is -2.32. The van der Waals surface area contributed by atoms with Crippen molar-refractivity contribution in [3.8, 4) is 0 Å². The number of aryl methyl sites for hydroxylation is 2. The number of pyridine rings is 1. The van der Waals surface area contributed by atoms with Gasteiger partial charge in [0.15, 0.2) is 5.82 Å². The van der Waals surface area contributed by atoms with Crippen LogP contribution in [0.3, 0.4) is 0 Å². The minimum absolute atomic E-state index is 0.0338. The molecular weight excluding hydrogens is 354 g/mol. The first kappa shape index (κ1) is 18.5. The lowest BCUT2D eigenvalue weighted by atomic mass is 10.0. The highest BCUT2D eigenvalue weighted by atomic mass is 16.1. The van der Waals surface area contributed by atoms with Crippen LogP contribution in [0.1, 0.15) is 35.7 Å². The average Bonchev–Trinajstić information content (AvgIpc) is 3.06. The van der Waals surface area contributed by atoms with E-state index < -0.39 is 0 Å². The van der Waals surface area contributed by atoms with E-state index in [0.717, 1.165) is 49.6 Å². The van der Waals surface area contributed by atoms with E-state index in [1.807, 2.05) is 44.3 Å². The Balaban J connectivity index is 1.28. The Kier molecular flexibility index (Phi) is 5.29. The quantitative estimate of drug-likeness (QED) is 0.722. The molecule has 3 aromatic heterocycles. The van der Waals surface area contributed by atoms with Gasteiger partial charge in [-0.25, -0.2) is 9.50 Å². The minimum Gasteiger partial charge on any atom is -0.353 e. The maximum atomic E-state index is 12.4. The van der Waals surface area contributed by atoms with Crippen molar-refractivity contribution < 1.29 is 4.79 Å². The molecule has 0 spiro atoms. The zero-order valence-corrected chi connectivity index (χ0v) is 16.3. The number of carbonyl (C=O) groups excluding carboxylic acids is 1. The summed E-state index contributed by atoms with van der Waals surface area (Å²) in [6.45, 7) is 6.65. The van der Waals surface area contributed by atoms with Gasteiger partial charge >= 0.3 is 0 Å². The molecule has 0 atom stereocenters. The van der Waals surface area contributed by atoms with E-state index in [4.69, 9.17) is 0 Å². The van der Waals surface area contributed by atoms with Crippen LogP contribution in [0.2, 0.25) is 0 Å². The summed E-state index contributed by atoms with van der Waals surface area (Å²) in [4.78, 5) is 28.0. The van der Waals surface area contributed by atoms with Gasteiger partial charge in [-0.1, -0.05) is 6.07 Å². The Bertz CT molecular complexity index is 961. The number of rotatable bonds is 5. The molecule has 28 heavy (non-hydrogen) atoms. The fraction of sp³-hybridized carbons (Fsp3) is 0.450. The molecule has 146 valence electrons. The van der Waals surface area contributed by atoms with E-state index in [9.17, 15) is 4.79 Å². The van der Waals surface area contributed by atoms with E-state index in [-0.39, 0.29) is 18.4 Å². The van der Waals surface area contributed by atoms with Crippen LogP contribution in [0.15, 0.2) is 30.5 Å². The molecule has 4 rings (SSSR count). The van der Waals surface area contributed by atoms with Crippen molar-refractivity contribution >= 4 is 11.7 Å². The number of hydrogen-bond donors (Lipinski definition) is 1. The van der Waals surface area contributed by atoms with Crippen molar-refractivity contribution in [2.45, 2.75) is 45.7 Å². The van der Waals surface area contributed by atoms with Gasteiger partial charge in [0.1, 0.15) is 0 Å². The lowest BCUT2D eigenvalue weighted by molar-refractivity contribution is -0.121. The Labute approximate surface area is 164 Å². The molecule has 1 N–H and O–H groups in total. The fourth-order valence-corrected chi connectivity index (χ4v) is 3.66. The summed E-state index contributed by atoms with van der Waals surface area (Å²) >= 11 is 0. The first-order valence-corrected chi connectivity index (χ1v) is 9.68. The number of piperidine rings is 1. The summed E-state index contributed by atoms with van der Waals surface area (Å²) in [5.41, 5.74) is 2.94. The number of nitrogens with zero attached hydrogens (tertiary/aromatic N) is 6. The number of fused-ring (bicyclic) bond motifs is 1. The molecule has 1 aliphatic rings. The van der Waals surface area contributed by atoms with E-state index in [2.05, 4.69) is 30.3 Å². The largest absolute Gasteiger partial charge is 0.353 e. The molecule has 0 bridgehead atoms. The molecule has 3 aromatic rings. The predicted molar refractivity (Wildman–Crippen MR) is 105 cm³/mol. The van der Waals surface area contributed by atoms with E-state index >= 15 is 0 Å². The molecule has 0 unspecified atom stereocenters. The highest BCUT2D eigenvalue weighted by molar-refractivity contribution is 5.78. The lowest BCUT2D eigenvalue weighted by Crippen LogP contribution is -2.44. The molecule has 1 aliphatic heterocycles.